The normalized spacial score (nSPS) is 37.6. The van der Waals surface area contributed by atoms with Crippen LogP contribution in [-0.2, 0) is 0 Å². The predicted octanol–water partition coefficient (Wildman–Crippen LogP) is 6.41. The van der Waals surface area contributed by atoms with Crippen molar-refractivity contribution in [3.05, 3.63) is 47.3 Å². The first-order valence-corrected chi connectivity index (χ1v) is 11.6. The fraction of sp³-hybridized carbons (Fsp3) is 0.667. The van der Waals surface area contributed by atoms with E-state index in [4.69, 9.17) is 12.6 Å². The summed E-state index contributed by atoms with van der Waals surface area (Å²) in [7, 11) is 0. The van der Waals surface area contributed by atoms with Gasteiger partial charge in [-0.25, -0.2) is 0 Å². The van der Waals surface area contributed by atoms with Crippen molar-refractivity contribution in [1.29, 1.82) is 0 Å². The molecule has 1 saturated heterocycles. The van der Waals surface area contributed by atoms with Gasteiger partial charge in [-0.1, -0.05) is 43.6 Å². The summed E-state index contributed by atoms with van der Waals surface area (Å²) in [6, 6.07) is 0.637. The average molecular weight is 368 g/mol. The first kappa shape index (κ1) is 17.2. The summed E-state index contributed by atoms with van der Waals surface area (Å²) in [6.45, 7) is 0. The van der Waals surface area contributed by atoms with Crippen LogP contribution in [0.5, 0.6) is 0 Å². The van der Waals surface area contributed by atoms with Gasteiger partial charge in [0.2, 0.25) is 0 Å². The monoisotopic (exact) mass is 367 g/mol. The van der Waals surface area contributed by atoms with Gasteiger partial charge in [-0.3, -0.25) is 0 Å². The molecule has 4 aliphatic carbocycles. The van der Waals surface area contributed by atoms with Gasteiger partial charge in [0, 0.05) is 22.6 Å². The predicted molar refractivity (Wildman–Crippen MR) is 113 cm³/mol. The van der Waals surface area contributed by atoms with Gasteiger partial charge in [0.25, 0.3) is 0 Å². The highest BCUT2D eigenvalue weighted by Gasteiger charge is 2.43. The average Bonchev–Trinajstić information content (AvgIpc) is 3.04. The summed E-state index contributed by atoms with van der Waals surface area (Å²) in [5, 5.41) is 0.405. The number of allylic oxidation sites excluding steroid dienone is 5. The maximum Gasteiger partial charge on any atom is 0.0555 e. The fourth-order valence-corrected chi connectivity index (χ4v) is 6.70. The third-order valence-corrected chi connectivity index (χ3v) is 8.06. The van der Waals surface area contributed by atoms with Crippen LogP contribution >= 0.6 is 12.6 Å². The highest BCUT2D eigenvalue weighted by Crippen LogP contribution is 2.50. The molecule has 0 bridgehead atoms. The summed E-state index contributed by atoms with van der Waals surface area (Å²) in [5.74, 6) is 2.18. The largest absolute Gasteiger partial charge is 0.338 e. The summed E-state index contributed by atoms with van der Waals surface area (Å²) < 4.78 is 0. The molecule has 0 aromatic carbocycles. The maximum atomic E-state index is 4.96. The summed E-state index contributed by atoms with van der Waals surface area (Å²) in [6.07, 6.45) is 27.6. The molecule has 5 aliphatic rings. The SMILES string of the molecule is SC1C=CC(N2C3=CCCC[C@H]3C3=CCCCC32)=CC1C1CCCCC1. The van der Waals surface area contributed by atoms with Crippen LogP contribution in [0.4, 0.5) is 0 Å². The van der Waals surface area contributed by atoms with Crippen LogP contribution in [0.2, 0.25) is 0 Å². The van der Waals surface area contributed by atoms with Crippen molar-refractivity contribution in [2.24, 2.45) is 17.8 Å². The Bertz CT molecular complexity index is 664. The third-order valence-electron chi connectivity index (χ3n) is 7.54. The van der Waals surface area contributed by atoms with E-state index in [2.05, 4.69) is 35.3 Å². The van der Waals surface area contributed by atoms with Crippen LogP contribution in [0.25, 0.3) is 0 Å². The first-order chi connectivity index (χ1) is 12.8. The van der Waals surface area contributed by atoms with Crippen LogP contribution in [0.1, 0.15) is 70.6 Å². The van der Waals surface area contributed by atoms with Gasteiger partial charge in [-0.05, 0) is 74.9 Å². The Balaban J connectivity index is 1.49. The van der Waals surface area contributed by atoms with E-state index in [1.165, 1.54) is 76.3 Å². The van der Waals surface area contributed by atoms with Crippen LogP contribution in [0.3, 0.4) is 0 Å². The lowest BCUT2D eigenvalue weighted by molar-refractivity contribution is 0.282. The lowest BCUT2D eigenvalue weighted by atomic mass is 9.76. The number of hydrogen-bond acceptors (Lipinski definition) is 2. The molecule has 4 atom stereocenters. The quantitative estimate of drug-likeness (QED) is 0.436. The van der Waals surface area contributed by atoms with E-state index in [0.29, 0.717) is 23.1 Å². The third kappa shape index (κ3) is 2.93. The number of nitrogens with zero attached hydrogens (tertiary/aromatic N) is 1. The minimum absolute atomic E-state index is 0.405. The van der Waals surface area contributed by atoms with Crippen molar-refractivity contribution >= 4 is 12.6 Å². The van der Waals surface area contributed by atoms with Gasteiger partial charge < -0.3 is 4.90 Å². The lowest BCUT2D eigenvalue weighted by Gasteiger charge is -2.37. The van der Waals surface area contributed by atoms with E-state index < -0.39 is 0 Å². The highest BCUT2D eigenvalue weighted by atomic mass is 32.1. The number of thiol groups is 1. The van der Waals surface area contributed by atoms with Gasteiger partial charge in [-0.2, -0.15) is 12.6 Å². The van der Waals surface area contributed by atoms with Gasteiger partial charge in [-0.15, -0.1) is 0 Å². The zero-order valence-electron chi connectivity index (χ0n) is 15.9. The molecular weight excluding hydrogens is 334 g/mol. The molecule has 2 heteroatoms. The first-order valence-electron chi connectivity index (χ1n) is 11.1. The topological polar surface area (TPSA) is 3.24 Å². The minimum atomic E-state index is 0.405. The molecule has 3 unspecified atom stereocenters. The van der Waals surface area contributed by atoms with Crippen molar-refractivity contribution in [2.45, 2.75) is 81.9 Å². The molecular formula is C24H33NS. The highest BCUT2D eigenvalue weighted by molar-refractivity contribution is 7.81. The number of hydrogen-bond donors (Lipinski definition) is 1. The maximum absolute atomic E-state index is 4.96. The molecule has 0 aromatic rings. The van der Waals surface area contributed by atoms with E-state index >= 15 is 0 Å². The van der Waals surface area contributed by atoms with Crippen molar-refractivity contribution in [3.8, 4) is 0 Å². The van der Waals surface area contributed by atoms with E-state index in [1.54, 1.807) is 11.3 Å². The zero-order valence-corrected chi connectivity index (χ0v) is 16.8. The van der Waals surface area contributed by atoms with Crippen molar-refractivity contribution in [3.63, 3.8) is 0 Å². The van der Waals surface area contributed by atoms with E-state index in [-0.39, 0.29) is 0 Å². The van der Waals surface area contributed by atoms with Gasteiger partial charge in [0.1, 0.15) is 0 Å². The number of likely N-dealkylation sites (tertiary alicyclic amines) is 1. The standard InChI is InChI=1S/C24H33NS/c26-24-15-14-18(16-21(24)17-8-2-1-3-9-17)25-22-12-6-4-10-19(22)20-11-5-7-13-23(20)25/h10,13-17,20-22,24,26H,1-9,11-12H2/t20-,21?,22?,24?/m0/s1. The second kappa shape index (κ2) is 7.26. The Hall–Kier alpha value is -0.890. The molecule has 1 saturated carbocycles. The Labute approximate surface area is 164 Å². The molecule has 2 fully saturated rings. The van der Waals surface area contributed by atoms with Crippen molar-refractivity contribution in [2.75, 3.05) is 0 Å². The smallest absolute Gasteiger partial charge is 0.0555 e. The van der Waals surface area contributed by atoms with Crippen LogP contribution in [-0.4, -0.2) is 16.2 Å². The molecule has 0 amide bonds. The Morgan fingerprint density at radius 2 is 1.69 bits per heavy atom. The number of rotatable bonds is 2. The van der Waals surface area contributed by atoms with Crippen molar-refractivity contribution < 1.29 is 0 Å². The van der Waals surface area contributed by atoms with Crippen LogP contribution in [0, 0.1) is 17.8 Å². The molecule has 1 aliphatic heterocycles. The lowest BCUT2D eigenvalue weighted by Crippen LogP contribution is -2.33. The molecule has 140 valence electrons. The summed E-state index contributed by atoms with van der Waals surface area (Å²) in [4.78, 5) is 2.75. The second-order valence-electron chi connectivity index (χ2n) is 9.05. The zero-order chi connectivity index (χ0) is 17.5. The minimum Gasteiger partial charge on any atom is -0.338 e. The van der Waals surface area contributed by atoms with E-state index in [9.17, 15) is 0 Å². The van der Waals surface area contributed by atoms with Crippen molar-refractivity contribution in [1.82, 2.24) is 4.90 Å². The van der Waals surface area contributed by atoms with E-state index in [0.717, 1.165) is 5.92 Å². The molecule has 0 aromatic heterocycles. The molecule has 0 N–H and O–H groups in total. The molecule has 1 nitrogen and oxygen atoms in total. The van der Waals surface area contributed by atoms with Crippen LogP contribution in [0.15, 0.2) is 47.3 Å². The van der Waals surface area contributed by atoms with E-state index in [1.807, 2.05) is 0 Å². The molecule has 0 radical (unpaired) electrons. The second-order valence-corrected chi connectivity index (χ2v) is 9.65. The summed E-state index contributed by atoms with van der Waals surface area (Å²) in [5.41, 5.74) is 4.86. The Morgan fingerprint density at radius 3 is 2.58 bits per heavy atom. The number of fused-ring (bicyclic) bond motifs is 3. The molecule has 1 heterocycles. The molecule has 5 rings (SSSR count). The van der Waals surface area contributed by atoms with Crippen LogP contribution < -0.4 is 0 Å². The van der Waals surface area contributed by atoms with Gasteiger partial charge in [0.15, 0.2) is 0 Å². The van der Waals surface area contributed by atoms with Gasteiger partial charge in [0.05, 0.1) is 6.04 Å². The Morgan fingerprint density at radius 1 is 0.885 bits per heavy atom. The molecule has 0 spiro atoms. The fourth-order valence-electron chi connectivity index (χ4n) is 6.28. The molecule has 26 heavy (non-hydrogen) atoms. The summed E-state index contributed by atoms with van der Waals surface area (Å²) >= 11 is 4.96. The Kier molecular flexibility index (Phi) is 4.81. The van der Waals surface area contributed by atoms with Gasteiger partial charge >= 0.3 is 0 Å².